The fourth-order valence-electron chi connectivity index (χ4n) is 2.03. The lowest BCUT2D eigenvalue weighted by molar-refractivity contribution is -0.142. The third kappa shape index (κ3) is 5.87. The van der Waals surface area contributed by atoms with Crippen molar-refractivity contribution in [2.24, 2.45) is 0 Å². The third-order valence-corrected chi connectivity index (χ3v) is 6.10. The molecule has 0 radical (unpaired) electrons. The van der Waals surface area contributed by atoms with E-state index in [4.69, 9.17) is 4.74 Å². The van der Waals surface area contributed by atoms with Crippen LogP contribution in [0.4, 0.5) is 4.79 Å². The Labute approximate surface area is 154 Å². The second-order valence-corrected chi connectivity index (χ2v) is 9.45. The van der Waals surface area contributed by atoms with Crippen LogP contribution in [0, 0.1) is 0 Å². The van der Waals surface area contributed by atoms with E-state index in [9.17, 15) is 18.0 Å². The minimum absolute atomic E-state index is 0.210. The zero-order valence-corrected chi connectivity index (χ0v) is 16.3. The molecule has 0 saturated heterocycles. The molecule has 0 aliphatic heterocycles. The van der Waals surface area contributed by atoms with E-state index in [2.05, 4.69) is 16.6 Å². The lowest BCUT2D eigenvalue weighted by Gasteiger charge is -2.21. The minimum atomic E-state index is -3.66. The standard InChI is InChI=1S/C18H25NO6S/c1-13(26(22,23)18(2,3)4)12-25-17(21)19-15(16(20)24-5)11-14-9-7-6-8-10-14/h6-10,15H,1,11-12H2,2-5H3,(H,19,21)/t15-/m0/s1. The van der Waals surface area contributed by atoms with Crippen LogP contribution < -0.4 is 5.32 Å². The number of benzene rings is 1. The van der Waals surface area contributed by atoms with Gasteiger partial charge in [-0.15, -0.1) is 0 Å². The number of nitrogens with one attached hydrogen (secondary N) is 1. The van der Waals surface area contributed by atoms with Crippen LogP contribution in [0.5, 0.6) is 0 Å². The highest BCUT2D eigenvalue weighted by Gasteiger charge is 2.32. The molecular formula is C18H25NO6S. The number of rotatable bonds is 7. The van der Waals surface area contributed by atoms with E-state index in [0.717, 1.165) is 5.56 Å². The van der Waals surface area contributed by atoms with Crippen LogP contribution in [-0.2, 0) is 30.5 Å². The lowest BCUT2D eigenvalue weighted by atomic mass is 10.1. The summed E-state index contributed by atoms with van der Waals surface area (Å²) in [5.41, 5.74) is 0.822. The van der Waals surface area contributed by atoms with Crippen LogP contribution in [0.15, 0.2) is 41.8 Å². The molecule has 0 aromatic heterocycles. The maximum atomic E-state index is 12.2. The van der Waals surface area contributed by atoms with Gasteiger partial charge in [-0.1, -0.05) is 36.9 Å². The Morgan fingerprint density at radius 2 is 1.77 bits per heavy atom. The first-order valence-electron chi connectivity index (χ1n) is 7.96. The summed E-state index contributed by atoms with van der Waals surface area (Å²) >= 11 is 0. The predicted molar refractivity (Wildman–Crippen MR) is 98.2 cm³/mol. The highest BCUT2D eigenvalue weighted by atomic mass is 32.2. The van der Waals surface area contributed by atoms with E-state index in [0.29, 0.717) is 0 Å². The van der Waals surface area contributed by atoms with Crippen molar-refractivity contribution in [2.45, 2.75) is 38.0 Å². The number of carbonyl (C=O) groups is 2. The second kappa shape index (κ2) is 8.84. The Morgan fingerprint density at radius 3 is 2.27 bits per heavy atom. The molecule has 8 heteroatoms. The highest BCUT2D eigenvalue weighted by molar-refractivity contribution is 7.96. The lowest BCUT2D eigenvalue weighted by Crippen LogP contribution is -2.43. The van der Waals surface area contributed by atoms with Gasteiger partial charge in [-0.05, 0) is 26.3 Å². The zero-order valence-electron chi connectivity index (χ0n) is 15.4. The van der Waals surface area contributed by atoms with Gasteiger partial charge in [0.15, 0.2) is 9.84 Å². The second-order valence-electron chi connectivity index (χ2n) is 6.64. The van der Waals surface area contributed by atoms with E-state index < -0.39 is 39.3 Å². The molecule has 0 spiro atoms. The maximum Gasteiger partial charge on any atom is 0.408 e. The zero-order chi connectivity index (χ0) is 20.0. The van der Waals surface area contributed by atoms with Crippen LogP contribution >= 0.6 is 0 Å². The van der Waals surface area contributed by atoms with Crippen molar-refractivity contribution in [3.05, 3.63) is 47.4 Å². The fraction of sp³-hybridized carbons (Fsp3) is 0.444. The summed E-state index contributed by atoms with van der Waals surface area (Å²) in [4.78, 5) is 23.6. The van der Waals surface area contributed by atoms with Crippen molar-refractivity contribution in [3.63, 3.8) is 0 Å². The number of methoxy groups -OCH3 is 1. The number of amides is 1. The largest absolute Gasteiger partial charge is 0.467 e. The van der Waals surface area contributed by atoms with Crippen LogP contribution in [0.2, 0.25) is 0 Å². The van der Waals surface area contributed by atoms with Gasteiger partial charge in [0.05, 0.1) is 16.8 Å². The highest BCUT2D eigenvalue weighted by Crippen LogP contribution is 2.22. The van der Waals surface area contributed by atoms with Crippen molar-refractivity contribution < 1.29 is 27.5 Å². The Kier molecular flexibility index (Phi) is 7.38. The normalized spacial score (nSPS) is 12.8. The molecule has 0 heterocycles. The van der Waals surface area contributed by atoms with E-state index in [-0.39, 0.29) is 11.3 Å². The first-order chi connectivity index (χ1) is 12.0. The molecule has 144 valence electrons. The maximum absolute atomic E-state index is 12.2. The average molecular weight is 383 g/mol. The quantitative estimate of drug-likeness (QED) is 0.725. The van der Waals surface area contributed by atoms with Crippen molar-refractivity contribution in [1.82, 2.24) is 5.32 Å². The molecule has 1 amide bonds. The van der Waals surface area contributed by atoms with E-state index in [1.165, 1.54) is 27.9 Å². The molecule has 0 bridgehead atoms. The van der Waals surface area contributed by atoms with Crippen LogP contribution in [0.25, 0.3) is 0 Å². The summed E-state index contributed by atoms with van der Waals surface area (Å²) < 4.78 is 32.9. The van der Waals surface area contributed by atoms with Gasteiger partial charge in [-0.3, -0.25) is 0 Å². The van der Waals surface area contributed by atoms with Crippen molar-refractivity contribution in [3.8, 4) is 0 Å². The van der Waals surface area contributed by atoms with Gasteiger partial charge < -0.3 is 14.8 Å². The SMILES string of the molecule is C=C(COC(=O)N[C@@H](Cc1ccccc1)C(=O)OC)S(=O)(=O)C(C)(C)C. The number of carbonyl (C=O) groups excluding carboxylic acids is 2. The first kappa shape index (κ1) is 21.7. The number of sulfone groups is 1. The molecule has 7 nitrogen and oxygen atoms in total. The molecule has 26 heavy (non-hydrogen) atoms. The predicted octanol–water partition coefficient (Wildman–Crippen LogP) is 2.22. The smallest absolute Gasteiger partial charge is 0.408 e. The molecule has 1 atom stereocenters. The van der Waals surface area contributed by atoms with Gasteiger partial charge in [0, 0.05) is 6.42 Å². The van der Waals surface area contributed by atoms with Crippen molar-refractivity contribution in [2.75, 3.05) is 13.7 Å². The summed E-state index contributed by atoms with van der Waals surface area (Å²) in [7, 11) is -2.45. The molecule has 1 rings (SSSR count). The van der Waals surface area contributed by atoms with Gasteiger partial charge in [0.25, 0.3) is 0 Å². The Morgan fingerprint density at radius 1 is 1.19 bits per heavy atom. The summed E-state index contributed by atoms with van der Waals surface area (Å²) in [5, 5.41) is 2.39. The first-order valence-corrected chi connectivity index (χ1v) is 9.45. The molecule has 1 aromatic carbocycles. The Balaban J connectivity index is 2.70. The number of hydrogen-bond donors (Lipinski definition) is 1. The molecule has 0 unspecified atom stereocenters. The molecule has 1 aromatic rings. The minimum Gasteiger partial charge on any atom is -0.467 e. The number of alkyl carbamates (subject to hydrolysis) is 1. The van der Waals surface area contributed by atoms with Gasteiger partial charge in [0.2, 0.25) is 0 Å². The third-order valence-electron chi connectivity index (χ3n) is 3.61. The molecule has 0 aliphatic rings. The van der Waals surface area contributed by atoms with Crippen molar-refractivity contribution in [1.29, 1.82) is 0 Å². The fourth-order valence-corrected chi connectivity index (χ4v) is 3.11. The van der Waals surface area contributed by atoms with E-state index in [1.807, 2.05) is 18.2 Å². The summed E-state index contributed by atoms with van der Waals surface area (Å²) in [5.74, 6) is -0.632. The number of esters is 1. The molecule has 0 fully saturated rings. The monoisotopic (exact) mass is 383 g/mol. The topological polar surface area (TPSA) is 98.8 Å². The van der Waals surface area contributed by atoms with E-state index >= 15 is 0 Å². The summed E-state index contributed by atoms with van der Waals surface area (Å²) in [6.07, 6.45) is -0.717. The van der Waals surface area contributed by atoms with Gasteiger partial charge in [-0.25, -0.2) is 18.0 Å². The van der Waals surface area contributed by atoms with Gasteiger partial charge >= 0.3 is 12.1 Å². The summed E-state index contributed by atoms with van der Waals surface area (Å²) in [6, 6.07) is 8.11. The van der Waals surface area contributed by atoms with E-state index in [1.54, 1.807) is 12.1 Å². The van der Waals surface area contributed by atoms with Gasteiger partial charge in [0.1, 0.15) is 12.6 Å². The van der Waals surface area contributed by atoms with Gasteiger partial charge in [-0.2, -0.15) is 0 Å². The molecule has 0 saturated carbocycles. The molecular weight excluding hydrogens is 358 g/mol. The van der Waals surface area contributed by atoms with Crippen LogP contribution in [0.1, 0.15) is 26.3 Å². The van der Waals surface area contributed by atoms with Crippen LogP contribution in [0.3, 0.4) is 0 Å². The molecule has 1 N–H and O–H groups in total. The number of hydrogen-bond acceptors (Lipinski definition) is 6. The Bertz CT molecular complexity index is 750. The van der Waals surface area contributed by atoms with Crippen molar-refractivity contribution >= 4 is 21.9 Å². The number of ether oxygens (including phenoxy) is 2. The average Bonchev–Trinajstić information content (AvgIpc) is 2.58. The Hall–Kier alpha value is -2.35. The summed E-state index contributed by atoms with van der Waals surface area (Å²) in [6.45, 7) is 7.57. The van der Waals surface area contributed by atoms with Crippen LogP contribution in [-0.4, -0.2) is 45.0 Å². The molecule has 0 aliphatic carbocycles.